The van der Waals surface area contributed by atoms with Gasteiger partial charge in [0.05, 0.1) is 0 Å². The van der Waals surface area contributed by atoms with Crippen molar-refractivity contribution in [3.8, 4) is 0 Å². The zero-order valence-corrected chi connectivity index (χ0v) is 16.0. The predicted octanol–water partition coefficient (Wildman–Crippen LogP) is 5.26. The van der Waals surface area contributed by atoms with E-state index in [1.54, 1.807) is 6.92 Å². The zero-order valence-electron chi connectivity index (χ0n) is 16.0. The average molecular weight is 325 g/mol. The lowest BCUT2D eigenvalue weighted by atomic mass is 9.58. The largest absolute Gasteiger partial charge is 0.316 e. The van der Waals surface area contributed by atoms with Gasteiger partial charge in [-0.1, -0.05) is 69.7 Å². The molecule has 1 aromatic rings. The molecule has 130 valence electrons. The van der Waals surface area contributed by atoms with Crippen LogP contribution in [-0.2, 0) is 0 Å². The van der Waals surface area contributed by atoms with Crippen molar-refractivity contribution in [2.24, 2.45) is 10.8 Å². The maximum atomic E-state index is 11.5. The predicted molar refractivity (Wildman–Crippen MR) is 103 cm³/mol. The van der Waals surface area contributed by atoms with Crippen LogP contribution in [0.3, 0.4) is 0 Å². The minimum atomic E-state index is -0.0163. The van der Waals surface area contributed by atoms with Crippen molar-refractivity contribution in [1.29, 1.82) is 0 Å². The third kappa shape index (κ3) is 3.39. The van der Waals surface area contributed by atoms with Crippen LogP contribution in [0, 0.1) is 10.8 Å². The van der Waals surface area contributed by atoms with E-state index in [1.165, 1.54) is 16.7 Å². The second-order valence-corrected chi connectivity index (χ2v) is 7.67. The topological polar surface area (TPSA) is 29.1 Å². The number of ketones is 1. The molecule has 1 aromatic carbocycles. The van der Waals surface area contributed by atoms with Gasteiger partial charge in [-0.3, -0.25) is 4.79 Å². The number of nitrogens with one attached hydrogen (secondary N) is 1. The van der Waals surface area contributed by atoms with Crippen LogP contribution in [0.1, 0.15) is 63.4 Å². The lowest BCUT2D eigenvalue weighted by Crippen LogP contribution is -2.34. The molecule has 1 aliphatic rings. The first-order chi connectivity index (χ1) is 11.3. The molecular weight excluding hydrogens is 294 g/mol. The van der Waals surface area contributed by atoms with Crippen LogP contribution < -0.4 is 5.32 Å². The van der Waals surface area contributed by atoms with Crippen molar-refractivity contribution in [1.82, 2.24) is 5.32 Å². The van der Waals surface area contributed by atoms with Crippen LogP contribution in [0.5, 0.6) is 0 Å². The van der Waals surface area contributed by atoms with Crippen molar-refractivity contribution in [2.45, 2.75) is 47.5 Å². The Labute approximate surface area is 147 Å². The van der Waals surface area contributed by atoms with Crippen LogP contribution in [-0.4, -0.2) is 19.4 Å². The normalized spacial score (nSPS) is 24.8. The Morgan fingerprint density at radius 1 is 1.21 bits per heavy atom. The lowest BCUT2D eigenvalue weighted by molar-refractivity contribution is 0.101. The van der Waals surface area contributed by atoms with Crippen molar-refractivity contribution < 1.29 is 4.79 Å². The summed E-state index contributed by atoms with van der Waals surface area (Å²) in [7, 11) is 1.99. The van der Waals surface area contributed by atoms with E-state index in [2.05, 4.69) is 57.3 Å². The molecule has 0 radical (unpaired) electrons. The molecule has 0 aliphatic heterocycles. The van der Waals surface area contributed by atoms with Crippen molar-refractivity contribution in [3.63, 3.8) is 0 Å². The van der Waals surface area contributed by atoms with Crippen LogP contribution in [0.15, 0.2) is 42.0 Å². The Bertz CT molecular complexity index is 664. The van der Waals surface area contributed by atoms with Crippen molar-refractivity contribution in [2.75, 3.05) is 13.6 Å². The second kappa shape index (κ2) is 7.06. The van der Waals surface area contributed by atoms with Crippen LogP contribution in [0.4, 0.5) is 0 Å². The molecule has 0 fully saturated rings. The number of likely N-dealkylation sites (N-methyl/N-ethyl adjacent to an activating group) is 1. The quantitative estimate of drug-likeness (QED) is 0.590. The third-order valence-electron chi connectivity index (χ3n) is 5.65. The highest BCUT2D eigenvalue weighted by molar-refractivity contribution is 5.94. The van der Waals surface area contributed by atoms with Gasteiger partial charge in [0.2, 0.25) is 0 Å². The first-order valence-corrected chi connectivity index (χ1v) is 8.94. The van der Waals surface area contributed by atoms with E-state index >= 15 is 0 Å². The molecule has 0 aromatic heterocycles. The summed E-state index contributed by atoms with van der Waals surface area (Å²) in [6.07, 6.45) is 6.98. The molecule has 2 rings (SSSR count). The molecule has 1 aliphatic carbocycles. The van der Waals surface area contributed by atoms with Gasteiger partial charge in [0.15, 0.2) is 5.78 Å². The molecule has 0 spiro atoms. The Kier molecular flexibility index (Phi) is 5.49. The molecule has 0 heterocycles. The molecule has 0 unspecified atom stereocenters. The average Bonchev–Trinajstić information content (AvgIpc) is 2.54. The van der Waals surface area contributed by atoms with Crippen LogP contribution in [0.25, 0.3) is 5.57 Å². The summed E-state index contributed by atoms with van der Waals surface area (Å²) < 4.78 is 0. The van der Waals surface area contributed by atoms with Crippen LogP contribution >= 0.6 is 0 Å². The molecule has 0 amide bonds. The number of hydrogen-bond acceptors (Lipinski definition) is 2. The first kappa shape index (κ1) is 18.7. The van der Waals surface area contributed by atoms with E-state index in [0.29, 0.717) is 0 Å². The van der Waals surface area contributed by atoms with Gasteiger partial charge in [-0.2, -0.15) is 0 Å². The van der Waals surface area contributed by atoms with Crippen molar-refractivity contribution in [3.05, 3.63) is 53.1 Å². The summed E-state index contributed by atoms with van der Waals surface area (Å²) in [5.41, 5.74) is 5.07. The standard InChI is InChI=1S/C22H31NO/c1-7-22(5)14-12-19(21(3,4)20(22)13-15-23-6)18-10-8-17(9-11-18)16(2)24/h8-13,23H,7,14-15H2,1-6H3/b20-13-/t22-/m0/s1. The summed E-state index contributed by atoms with van der Waals surface area (Å²) in [5, 5.41) is 3.26. The van der Waals surface area contributed by atoms with Gasteiger partial charge in [0, 0.05) is 17.5 Å². The molecule has 0 saturated carbocycles. The minimum absolute atomic E-state index is 0.0163. The summed E-state index contributed by atoms with van der Waals surface area (Å²) in [4.78, 5) is 11.5. The Morgan fingerprint density at radius 2 is 1.83 bits per heavy atom. The minimum Gasteiger partial charge on any atom is -0.316 e. The van der Waals surface area contributed by atoms with Crippen LogP contribution in [0.2, 0.25) is 0 Å². The molecule has 2 nitrogen and oxygen atoms in total. The van der Waals surface area contributed by atoms with Gasteiger partial charge in [0.25, 0.3) is 0 Å². The van der Waals surface area contributed by atoms with E-state index in [-0.39, 0.29) is 16.6 Å². The summed E-state index contributed by atoms with van der Waals surface area (Å²) in [6, 6.07) is 8.07. The van der Waals surface area contributed by atoms with E-state index in [4.69, 9.17) is 0 Å². The number of Topliss-reactive ketones (excluding diaryl/α,β-unsaturated/α-hetero) is 1. The molecule has 2 heteroatoms. The highest BCUT2D eigenvalue weighted by Crippen LogP contribution is 2.55. The summed E-state index contributed by atoms with van der Waals surface area (Å²) in [6.45, 7) is 11.8. The summed E-state index contributed by atoms with van der Waals surface area (Å²) >= 11 is 0. The number of carbonyl (C=O) groups is 1. The lowest BCUT2D eigenvalue weighted by Gasteiger charge is -2.46. The number of allylic oxidation sites excluding steroid dienone is 3. The number of hydrogen-bond donors (Lipinski definition) is 1. The molecule has 24 heavy (non-hydrogen) atoms. The second-order valence-electron chi connectivity index (χ2n) is 7.67. The van der Waals surface area contributed by atoms with Gasteiger partial charge in [-0.15, -0.1) is 0 Å². The SMILES string of the molecule is CC[C@@]1(C)CC=C(c2ccc(C(C)=O)cc2)C(C)(C)/C1=C/CNC. The number of benzene rings is 1. The van der Waals surface area contributed by atoms with Gasteiger partial charge in [-0.05, 0) is 43.4 Å². The Hall–Kier alpha value is -1.67. The monoisotopic (exact) mass is 325 g/mol. The van der Waals surface area contributed by atoms with Crippen molar-refractivity contribution >= 4 is 11.4 Å². The first-order valence-electron chi connectivity index (χ1n) is 8.94. The fourth-order valence-electron chi connectivity index (χ4n) is 4.00. The highest BCUT2D eigenvalue weighted by atomic mass is 16.1. The Morgan fingerprint density at radius 3 is 2.33 bits per heavy atom. The van der Waals surface area contributed by atoms with E-state index in [0.717, 1.165) is 24.9 Å². The maximum Gasteiger partial charge on any atom is 0.159 e. The molecule has 0 bridgehead atoms. The fourth-order valence-corrected chi connectivity index (χ4v) is 4.00. The van der Waals surface area contributed by atoms with Gasteiger partial charge in [0.1, 0.15) is 0 Å². The van der Waals surface area contributed by atoms with Gasteiger partial charge < -0.3 is 5.32 Å². The maximum absolute atomic E-state index is 11.5. The number of carbonyl (C=O) groups excluding carboxylic acids is 1. The highest BCUT2D eigenvalue weighted by Gasteiger charge is 2.42. The van der Waals surface area contributed by atoms with Gasteiger partial charge in [-0.25, -0.2) is 0 Å². The molecular formula is C22H31NO. The zero-order chi connectivity index (χ0) is 18.0. The Balaban J connectivity index is 2.49. The number of rotatable bonds is 5. The molecule has 1 N–H and O–H groups in total. The van der Waals surface area contributed by atoms with E-state index < -0.39 is 0 Å². The van der Waals surface area contributed by atoms with E-state index in [1.807, 2.05) is 19.2 Å². The summed E-state index contributed by atoms with van der Waals surface area (Å²) in [5.74, 6) is 0.117. The third-order valence-corrected chi connectivity index (χ3v) is 5.65. The van der Waals surface area contributed by atoms with Gasteiger partial charge >= 0.3 is 0 Å². The molecule has 1 atom stereocenters. The van der Waals surface area contributed by atoms with E-state index in [9.17, 15) is 4.79 Å². The fraction of sp³-hybridized carbons (Fsp3) is 0.500. The molecule has 0 saturated heterocycles. The smallest absolute Gasteiger partial charge is 0.159 e.